The van der Waals surface area contributed by atoms with Crippen molar-refractivity contribution >= 4 is 10.0 Å². The van der Waals surface area contributed by atoms with E-state index < -0.39 is 10.0 Å². The van der Waals surface area contributed by atoms with Gasteiger partial charge < -0.3 is 14.6 Å². The number of sulfonamides is 1. The second kappa shape index (κ2) is 7.82. The van der Waals surface area contributed by atoms with E-state index in [1.165, 1.54) is 0 Å². The highest BCUT2D eigenvalue weighted by atomic mass is 32.2. The summed E-state index contributed by atoms with van der Waals surface area (Å²) in [5.74, 6) is 0.710. The maximum Gasteiger partial charge on any atom is 0.214 e. The average Bonchev–Trinajstić information content (AvgIpc) is 3.48. The summed E-state index contributed by atoms with van der Waals surface area (Å²) in [4.78, 5) is 2.39. The topological polar surface area (TPSA) is 88.1 Å². The van der Waals surface area contributed by atoms with Gasteiger partial charge in [0.05, 0.1) is 23.6 Å². The molecule has 2 saturated heterocycles. The second-order valence-corrected chi connectivity index (χ2v) is 10.3. The molecular formula is C20H30N2O5S. The number of nitrogens with zero attached hydrogens (tertiary/aromatic N) is 1. The molecule has 0 radical (unpaired) electrons. The summed E-state index contributed by atoms with van der Waals surface area (Å²) in [7, 11) is -3.12. The van der Waals surface area contributed by atoms with Crippen molar-refractivity contribution < 1.29 is 23.0 Å². The van der Waals surface area contributed by atoms with Crippen LogP contribution in [0.5, 0.6) is 11.5 Å². The summed E-state index contributed by atoms with van der Waals surface area (Å²) in [5.41, 5.74) is 1.05. The second-order valence-electron chi connectivity index (χ2n) is 8.23. The molecule has 1 aromatic carbocycles. The third-order valence-corrected chi connectivity index (χ3v) is 7.91. The van der Waals surface area contributed by atoms with Gasteiger partial charge in [-0.05, 0) is 50.3 Å². The van der Waals surface area contributed by atoms with Crippen LogP contribution in [0.4, 0.5) is 0 Å². The van der Waals surface area contributed by atoms with Gasteiger partial charge in [0, 0.05) is 32.6 Å². The van der Waals surface area contributed by atoms with Crippen molar-refractivity contribution in [1.82, 2.24) is 9.62 Å². The molecule has 8 heteroatoms. The lowest BCUT2D eigenvalue weighted by molar-refractivity contribution is -0.222. The summed E-state index contributed by atoms with van der Waals surface area (Å²) in [6.45, 7) is 5.55. The van der Waals surface area contributed by atoms with Crippen molar-refractivity contribution in [3.63, 3.8) is 0 Å². The molecule has 0 bridgehead atoms. The first-order chi connectivity index (χ1) is 13.4. The van der Waals surface area contributed by atoms with Crippen LogP contribution in [0.2, 0.25) is 0 Å². The molecule has 156 valence electrons. The van der Waals surface area contributed by atoms with Gasteiger partial charge in [-0.2, -0.15) is 0 Å². The van der Waals surface area contributed by atoms with Gasteiger partial charge in [-0.25, -0.2) is 13.1 Å². The number of rotatable bonds is 8. The average molecular weight is 411 g/mol. The van der Waals surface area contributed by atoms with Gasteiger partial charge in [0.15, 0.2) is 11.5 Å². The van der Waals surface area contributed by atoms with Crippen molar-refractivity contribution in [2.75, 3.05) is 26.2 Å². The van der Waals surface area contributed by atoms with Crippen LogP contribution in [-0.2, 0) is 21.3 Å². The monoisotopic (exact) mass is 410 g/mol. The Bertz CT molecular complexity index is 793. The Morgan fingerprint density at radius 2 is 2.04 bits per heavy atom. The molecule has 1 unspecified atom stereocenters. The quantitative estimate of drug-likeness (QED) is 0.682. The van der Waals surface area contributed by atoms with E-state index >= 15 is 0 Å². The standard InChI is InChI=1S/C20H30N2O5S/c1-2-26-19-11-15(3-6-18(19)23)14-22-9-7-20(8-10-22)12-16(27-20)13-21-28(24,25)17-4-5-17/h3,6,11,16-17,21,23H,2,4-5,7-10,12-14H2,1H3. The van der Waals surface area contributed by atoms with Crippen molar-refractivity contribution in [1.29, 1.82) is 0 Å². The molecule has 2 aliphatic heterocycles. The maximum atomic E-state index is 11.9. The number of hydrogen-bond acceptors (Lipinski definition) is 6. The van der Waals surface area contributed by atoms with E-state index in [-0.39, 0.29) is 22.7 Å². The molecule has 1 spiro atoms. The third kappa shape index (κ3) is 4.45. The highest BCUT2D eigenvalue weighted by molar-refractivity contribution is 7.90. The molecule has 2 N–H and O–H groups in total. The molecule has 1 atom stereocenters. The first-order valence-electron chi connectivity index (χ1n) is 10.2. The van der Waals surface area contributed by atoms with E-state index in [1.807, 2.05) is 19.1 Å². The van der Waals surface area contributed by atoms with Gasteiger partial charge in [-0.15, -0.1) is 0 Å². The number of benzene rings is 1. The lowest BCUT2D eigenvalue weighted by Gasteiger charge is -2.52. The summed E-state index contributed by atoms with van der Waals surface area (Å²) >= 11 is 0. The van der Waals surface area contributed by atoms with Gasteiger partial charge >= 0.3 is 0 Å². The van der Waals surface area contributed by atoms with Crippen LogP contribution in [0.3, 0.4) is 0 Å². The smallest absolute Gasteiger partial charge is 0.214 e. The predicted octanol–water partition coefficient (Wildman–Crippen LogP) is 2.00. The highest BCUT2D eigenvalue weighted by Gasteiger charge is 2.47. The van der Waals surface area contributed by atoms with E-state index in [0.29, 0.717) is 18.9 Å². The Balaban J connectivity index is 1.22. The van der Waals surface area contributed by atoms with Gasteiger partial charge in [0.25, 0.3) is 0 Å². The zero-order chi connectivity index (χ0) is 19.8. The van der Waals surface area contributed by atoms with Crippen molar-refractivity contribution in [3.05, 3.63) is 23.8 Å². The molecule has 28 heavy (non-hydrogen) atoms. The van der Waals surface area contributed by atoms with Gasteiger partial charge in [-0.3, -0.25) is 4.90 Å². The molecule has 7 nitrogen and oxygen atoms in total. The van der Waals surface area contributed by atoms with Crippen LogP contribution in [0, 0.1) is 0 Å². The van der Waals surface area contributed by atoms with E-state index in [9.17, 15) is 13.5 Å². The zero-order valence-electron chi connectivity index (χ0n) is 16.4. The van der Waals surface area contributed by atoms with Crippen molar-refractivity contribution in [2.45, 2.75) is 62.5 Å². The largest absolute Gasteiger partial charge is 0.504 e. The molecule has 1 aliphatic carbocycles. The Morgan fingerprint density at radius 1 is 1.32 bits per heavy atom. The fraction of sp³-hybridized carbons (Fsp3) is 0.700. The normalized spacial score (nSPS) is 24.8. The molecule has 1 saturated carbocycles. The van der Waals surface area contributed by atoms with Crippen LogP contribution in [-0.4, -0.2) is 61.6 Å². The van der Waals surface area contributed by atoms with E-state index in [4.69, 9.17) is 9.47 Å². The SMILES string of the molecule is CCOc1cc(CN2CCC3(CC2)CC(CNS(=O)(=O)C2CC2)O3)ccc1O. The number of ether oxygens (including phenoxy) is 2. The Morgan fingerprint density at radius 3 is 2.68 bits per heavy atom. The number of phenolic OH excluding ortho intramolecular Hbond substituents is 1. The predicted molar refractivity (Wildman–Crippen MR) is 106 cm³/mol. The van der Waals surface area contributed by atoms with Crippen LogP contribution in [0.1, 0.15) is 44.6 Å². The fourth-order valence-corrected chi connectivity index (χ4v) is 5.62. The molecule has 4 rings (SSSR count). The van der Waals surface area contributed by atoms with Crippen LogP contribution in [0.25, 0.3) is 0 Å². The maximum absolute atomic E-state index is 11.9. The number of hydrogen-bond donors (Lipinski definition) is 2. The molecular weight excluding hydrogens is 380 g/mol. The van der Waals surface area contributed by atoms with Crippen LogP contribution in [0.15, 0.2) is 18.2 Å². The lowest BCUT2D eigenvalue weighted by atomic mass is 9.80. The highest BCUT2D eigenvalue weighted by Crippen LogP contribution is 2.41. The minimum absolute atomic E-state index is 0.00549. The van der Waals surface area contributed by atoms with Crippen molar-refractivity contribution in [2.24, 2.45) is 0 Å². The lowest BCUT2D eigenvalue weighted by Crippen LogP contribution is -2.59. The number of nitrogens with one attached hydrogen (secondary N) is 1. The first kappa shape index (κ1) is 19.9. The van der Waals surface area contributed by atoms with Crippen LogP contribution >= 0.6 is 0 Å². The fourth-order valence-electron chi connectivity index (χ4n) is 4.20. The van der Waals surface area contributed by atoms with E-state index in [0.717, 1.165) is 57.3 Å². The first-order valence-corrected chi connectivity index (χ1v) is 11.8. The Kier molecular flexibility index (Phi) is 5.57. The van der Waals surface area contributed by atoms with E-state index in [1.54, 1.807) is 6.07 Å². The molecule has 2 heterocycles. The van der Waals surface area contributed by atoms with Gasteiger partial charge in [-0.1, -0.05) is 6.07 Å². The molecule has 3 aliphatic rings. The molecule has 0 aromatic heterocycles. The minimum atomic E-state index is -3.12. The van der Waals surface area contributed by atoms with E-state index in [2.05, 4.69) is 9.62 Å². The molecule has 1 aromatic rings. The third-order valence-electron chi connectivity index (χ3n) is 5.99. The van der Waals surface area contributed by atoms with Gasteiger partial charge in [0.1, 0.15) is 0 Å². The number of likely N-dealkylation sites (tertiary alicyclic amines) is 1. The summed E-state index contributed by atoms with van der Waals surface area (Å²) in [6, 6.07) is 5.53. The molecule has 0 amide bonds. The Hall–Kier alpha value is -1.35. The van der Waals surface area contributed by atoms with Gasteiger partial charge in [0.2, 0.25) is 10.0 Å². The number of aromatic hydroxyl groups is 1. The number of phenols is 1. The minimum Gasteiger partial charge on any atom is -0.504 e. The zero-order valence-corrected chi connectivity index (χ0v) is 17.2. The number of piperidine rings is 1. The summed E-state index contributed by atoms with van der Waals surface area (Å²) in [5, 5.41) is 9.66. The Labute approximate surface area is 167 Å². The summed E-state index contributed by atoms with van der Waals surface area (Å²) < 4.78 is 38.1. The molecule has 3 fully saturated rings. The summed E-state index contributed by atoms with van der Waals surface area (Å²) in [6.07, 6.45) is 4.44. The van der Waals surface area contributed by atoms with Crippen molar-refractivity contribution in [3.8, 4) is 11.5 Å². The van der Waals surface area contributed by atoms with Crippen LogP contribution < -0.4 is 9.46 Å².